The van der Waals surface area contributed by atoms with Crippen LogP contribution in [0.4, 0.5) is 5.69 Å². The van der Waals surface area contributed by atoms with Gasteiger partial charge >= 0.3 is 0 Å². The van der Waals surface area contributed by atoms with Gasteiger partial charge in [0.1, 0.15) is 5.75 Å². The summed E-state index contributed by atoms with van der Waals surface area (Å²) >= 11 is 0. The first-order chi connectivity index (χ1) is 21.3. The van der Waals surface area contributed by atoms with Gasteiger partial charge in [0.2, 0.25) is 0 Å². The van der Waals surface area contributed by atoms with Crippen LogP contribution in [-0.4, -0.2) is 75.9 Å². The molecular formula is C40H66N3O+. The molecule has 0 spiro atoms. The Bertz CT molecular complexity index is 1100. The van der Waals surface area contributed by atoms with Crippen molar-refractivity contribution in [3.63, 3.8) is 0 Å². The van der Waals surface area contributed by atoms with E-state index >= 15 is 0 Å². The molecule has 3 fully saturated rings. The molecule has 44 heavy (non-hydrogen) atoms. The van der Waals surface area contributed by atoms with Crippen LogP contribution in [0.1, 0.15) is 115 Å². The van der Waals surface area contributed by atoms with Gasteiger partial charge in [-0.15, -0.1) is 0 Å². The molecule has 3 aliphatic rings. The van der Waals surface area contributed by atoms with E-state index < -0.39 is 0 Å². The number of hydrogen-bond acceptors (Lipinski definition) is 3. The molecule has 0 saturated carbocycles. The molecular weight excluding hydrogens is 538 g/mol. The van der Waals surface area contributed by atoms with Gasteiger partial charge < -0.3 is 14.1 Å². The average Bonchev–Trinajstić information content (AvgIpc) is 3.05. The van der Waals surface area contributed by atoms with Crippen LogP contribution < -0.4 is 9.64 Å². The summed E-state index contributed by atoms with van der Waals surface area (Å²) in [5.74, 6) is 2.00. The summed E-state index contributed by atoms with van der Waals surface area (Å²) in [5, 5.41) is 0. The topological polar surface area (TPSA) is 15.7 Å². The van der Waals surface area contributed by atoms with Crippen molar-refractivity contribution in [2.75, 3.05) is 71.4 Å². The Morgan fingerprint density at radius 2 is 1.48 bits per heavy atom. The molecule has 0 radical (unpaired) electrons. The second kappa shape index (κ2) is 16.5. The van der Waals surface area contributed by atoms with Gasteiger partial charge in [-0.3, -0.25) is 4.90 Å². The van der Waals surface area contributed by atoms with Crippen molar-refractivity contribution < 1.29 is 9.22 Å². The smallest absolute Gasteiger partial charge is 0.119 e. The molecule has 4 nitrogen and oxygen atoms in total. The fraction of sp³-hybridized carbons (Fsp3) is 0.700. The van der Waals surface area contributed by atoms with Crippen molar-refractivity contribution in [1.82, 2.24) is 4.90 Å². The lowest BCUT2D eigenvalue weighted by Gasteiger charge is -2.50. The van der Waals surface area contributed by atoms with Crippen LogP contribution in [-0.2, 0) is 0 Å². The van der Waals surface area contributed by atoms with E-state index in [0.29, 0.717) is 17.3 Å². The van der Waals surface area contributed by atoms with Gasteiger partial charge in [0.05, 0.1) is 32.8 Å². The Balaban J connectivity index is 1.55. The molecule has 2 atom stereocenters. The number of rotatable bonds is 19. The molecule has 4 heteroatoms. The first-order valence-electron chi connectivity index (χ1n) is 18.4. The summed E-state index contributed by atoms with van der Waals surface area (Å²) in [4.78, 5) is 4.90. The summed E-state index contributed by atoms with van der Waals surface area (Å²) < 4.78 is 7.70. The highest BCUT2D eigenvalue weighted by Gasteiger charge is 2.41. The average molecular weight is 605 g/mol. The SMILES string of the molecule is CCCCC(CC)(CCCC)C(CC)C(c1ccc(OCCCC[N+]23CCN(CC2)CC3)cc1)c1cc(N(C)C)ccc1C. The molecule has 5 rings (SSSR count). The van der Waals surface area contributed by atoms with E-state index in [1.54, 1.807) is 0 Å². The van der Waals surface area contributed by atoms with Crippen LogP contribution in [0.3, 0.4) is 0 Å². The van der Waals surface area contributed by atoms with Crippen LogP contribution in [0, 0.1) is 18.3 Å². The fourth-order valence-corrected chi connectivity index (χ4v) is 8.64. The van der Waals surface area contributed by atoms with Crippen molar-refractivity contribution in [2.45, 2.75) is 105 Å². The molecule has 2 unspecified atom stereocenters. The maximum atomic E-state index is 6.35. The molecule has 2 aromatic rings. The largest absolute Gasteiger partial charge is 0.494 e. The zero-order chi connectivity index (χ0) is 31.6. The first kappa shape index (κ1) is 34.8. The van der Waals surface area contributed by atoms with E-state index in [-0.39, 0.29) is 0 Å². The standard InChI is InChI=1S/C40H66N3O/c1-8-12-22-40(11-4,23-13-9-2)38(10-3)39(37-32-35(41(6)7)19-16-33(37)5)34-17-20-36(21-18-34)44-31-15-14-27-43-28-24-42(25-29-43)26-30-43/h16-21,32,38-39H,8-15,22-31H2,1-7H3/q+1. The van der Waals surface area contributed by atoms with Crippen molar-refractivity contribution in [2.24, 2.45) is 11.3 Å². The first-order valence-corrected chi connectivity index (χ1v) is 18.4. The van der Waals surface area contributed by atoms with Crippen molar-refractivity contribution in [3.05, 3.63) is 59.2 Å². The van der Waals surface area contributed by atoms with Crippen molar-refractivity contribution >= 4 is 5.69 Å². The summed E-state index contributed by atoms with van der Waals surface area (Å²) in [6.07, 6.45) is 12.7. The van der Waals surface area contributed by atoms with E-state index in [1.165, 1.54) is 130 Å². The van der Waals surface area contributed by atoms with Crippen LogP contribution >= 0.6 is 0 Å². The normalized spacial score (nSPS) is 21.3. The van der Waals surface area contributed by atoms with Crippen molar-refractivity contribution in [3.8, 4) is 5.75 Å². The minimum atomic E-state index is 0.355. The van der Waals surface area contributed by atoms with Gasteiger partial charge in [0.15, 0.2) is 0 Å². The summed E-state index contributed by atoms with van der Waals surface area (Å²) in [6, 6.07) is 16.4. The number of fused-ring (bicyclic) bond motifs is 3. The number of anilines is 1. The number of benzene rings is 2. The van der Waals surface area contributed by atoms with Crippen LogP contribution in [0.15, 0.2) is 42.5 Å². The molecule has 3 heterocycles. The number of ether oxygens (including phenoxy) is 1. The van der Waals surface area contributed by atoms with E-state index in [0.717, 1.165) is 18.8 Å². The molecule has 0 amide bonds. The molecule has 2 aromatic carbocycles. The van der Waals surface area contributed by atoms with E-state index in [9.17, 15) is 0 Å². The lowest BCUT2D eigenvalue weighted by atomic mass is 9.59. The lowest BCUT2D eigenvalue weighted by Crippen LogP contribution is -2.67. The summed E-state index contributed by atoms with van der Waals surface area (Å²) in [6.45, 7) is 22.1. The van der Waals surface area contributed by atoms with Gasteiger partial charge in [-0.1, -0.05) is 84.4 Å². The number of aryl methyl sites for hydroxylation is 1. The predicted octanol–water partition coefficient (Wildman–Crippen LogP) is 9.30. The highest BCUT2D eigenvalue weighted by molar-refractivity contribution is 5.53. The van der Waals surface area contributed by atoms with Gasteiger partial charge in [0, 0.05) is 45.3 Å². The molecule has 3 saturated heterocycles. The fourth-order valence-electron chi connectivity index (χ4n) is 8.64. The number of unbranched alkanes of at least 4 members (excludes halogenated alkanes) is 3. The van der Waals surface area contributed by atoms with Gasteiger partial charge in [-0.2, -0.15) is 0 Å². The van der Waals surface area contributed by atoms with E-state index in [4.69, 9.17) is 4.74 Å². The monoisotopic (exact) mass is 605 g/mol. The molecule has 3 aliphatic heterocycles. The minimum absolute atomic E-state index is 0.355. The lowest BCUT2D eigenvalue weighted by molar-refractivity contribution is -0.941. The van der Waals surface area contributed by atoms with Crippen LogP contribution in [0.2, 0.25) is 0 Å². The zero-order valence-electron chi connectivity index (χ0n) is 29.7. The molecule has 0 N–H and O–H groups in total. The predicted molar refractivity (Wildman–Crippen MR) is 190 cm³/mol. The maximum Gasteiger partial charge on any atom is 0.119 e. The second-order valence-corrected chi connectivity index (χ2v) is 14.6. The zero-order valence-corrected chi connectivity index (χ0v) is 29.7. The third kappa shape index (κ3) is 8.40. The number of quaternary nitrogens is 1. The minimum Gasteiger partial charge on any atom is -0.494 e. The van der Waals surface area contributed by atoms with Gasteiger partial charge in [0.25, 0.3) is 0 Å². The molecule has 0 aliphatic carbocycles. The Labute approximate surface area is 271 Å². The van der Waals surface area contributed by atoms with Crippen LogP contribution in [0.5, 0.6) is 5.75 Å². The quantitative estimate of drug-likeness (QED) is 0.117. The summed E-state index contributed by atoms with van der Waals surface area (Å²) in [5.41, 5.74) is 6.03. The molecule has 0 aromatic heterocycles. The number of nitrogens with zero attached hydrogens (tertiary/aromatic N) is 3. The second-order valence-electron chi connectivity index (χ2n) is 14.6. The van der Waals surface area contributed by atoms with E-state index in [2.05, 4.69) is 101 Å². The Morgan fingerprint density at radius 3 is 2.02 bits per heavy atom. The van der Waals surface area contributed by atoms with Crippen LogP contribution in [0.25, 0.3) is 0 Å². The Morgan fingerprint density at radius 1 is 0.841 bits per heavy atom. The summed E-state index contributed by atoms with van der Waals surface area (Å²) in [7, 11) is 4.34. The highest BCUT2D eigenvalue weighted by atomic mass is 16.5. The van der Waals surface area contributed by atoms with Gasteiger partial charge in [-0.25, -0.2) is 0 Å². The van der Waals surface area contributed by atoms with Crippen molar-refractivity contribution in [1.29, 1.82) is 0 Å². The van der Waals surface area contributed by atoms with E-state index in [1.807, 2.05) is 0 Å². The third-order valence-electron chi connectivity index (χ3n) is 11.7. The molecule has 246 valence electrons. The molecule has 2 bridgehead atoms. The highest BCUT2D eigenvalue weighted by Crippen LogP contribution is 2.52. The maximum absolute atomic E-state index is 6.35. The number of hydrogen-bond donors (Lipinski definition) is 0. The van der Waals surface area contributed by atoms with Gasteiger partial charge in [-0.05, 0) is 84.9 Å². The Kier molecular flexibility index (Phi) is 13.1. The third-order valence-corrected chi connectivity index (χ3v) is 11.7. The Hall–Kier alpha value is -2.04. The number of piperazine rings is 3.